The summed E-state index contributed by atoms with van der Waals surface area (Å²) in [4.78, 5) is 27.3. The molecule has 2 rings (SSSR count). The number of amides is 2. The Bertz CT molecular complexity index is 343. The second kappa shape index (κ2) is 5.34. The minimum Gasteiger partial charge on any atom is -0.367 e. The van der Waals surface area contributed by atoms with E-state index in [1.54, 1.807) is 0 Å². The van der Waals surface area contributed by atoms with Gasteiger partial charge in [-0.1, -0.05) is 13.3 Å². The van der Waals surface area contributed by atoms with Crippen molar-refractivity contribution in [3.8, 4) is 0 Å². The normalized spacial score (nSPS) is 21.1. The fourth-order valence-corrected chi connectivity index (χ4v) is 2.38. The molecule has 0 aliphatic carbocycles. The van der Waals surface area contributed by atoms with E-state index in [0.29, 0.717) is 12.2 Å². The molecule has 17 heavy (non-hydrogen) atoms. The lowest BCUT2D eigenvalue weighted by atomic mass is 10.1. The number of unbranched alkanes of at least 4 members (excludes halogenated alkanes) is 1. The van der Waals surface area contributed by atoms with Crippen molar-refractivity contribution in [3.05, 3.63) is 11.8 Å². The lowest BCUT2D eigenvalue weighted by Crippen LogP contribution is -2.37. The molecular formula is C13H20N2O2. The molecule has 0 radical (unpaired) electrons. The van der Waals surface area contributed by atoms with Crippen molar-refractivity contribution >= 4 is 11.8 Å². The van der Waals surface area contributed by atoms with E-state index in [9.17, 15) is 9.59 Å². The molecule has 0 spiro atoms. The van der Waals surface area contributed by atoms with Crippen LogP contribution in [0.1, 0.15) is 39.0 Å². The number of nitrogens with zero attached hydrogens (tertiary/aromatic N) is 2. The Morgan fingerprint density at radius 1 is 1.18 bits per heavy atom. The van der Waals surface area contributed by atoms with Gasteiger partial charge in [0.1, 0.15) is 5.70 Å². The molecule has 1 fully saturated rings. The van der Waals surface area contributed by atoms with E-state index in [1.165, 1.54) is 17.4 Å². The number of imide groups is 1. The first kappa shape index (κ1) is 12.1. The van der Waals surface area contributed by atoms with Crippen molar-refractivity contribution in [1.29, 1.82) is 0 Å². The van der Waals surface area contributed by atoms with Gasteiger partial charge in [0.2, 0.25) is 0 Å². The highest BCUT2D eigenvalue weighted by Crippen LogP contribution is 2.21. The molecule has 0 saturated carbocycles. The van der Waals surface area contributed by atoms with Gasteiger partial charge in [-0.25, -0.2) is 0 Å². The second-order valence-corrected chi connectivity index (χ2v) is 4.73. The summed E-state index contributed by atoms with van der Waals surface area (Å²) in [5, 5.41) is 0. The molecule has 2 heterocycles. The minimum atomic E-state index is -0.135. The van der Waals surface area contributed by atoms with E-state index in [4.69, 9.17) is 0 Å². The Morgan fingerprint density at radius 2 is 1.88 bits per heavy atom. The number of likely N-dealkylation sites (tertiary alicyclic amines) is 1. The number of carbonyl (C=O) groups excluding carboxylic acids is 2. The maximum atomic E-state index is 12.1. The SMILES string of the molecule is CCCCN1C(=O)C=C(N2CCCCC2)C1=O. The van der Waals surface area contributed by atoms with E-state index in [-0.39, 0.29) is 11.8 Å². The molecule has 0 aromatic carbocycles. The third-order valence-corrected chi connectivity index (χ3v) is 3.42. The van der Waals surface area contributed by atoms with E-state index >= 15 is 0 Å². The fourth-order valence-electron chi connectivity index (χ4n) is 2.38. The van der Waals surface area contributed by atoms with Crippen LogP contribution >= 0.6 is 0 Å². The maximum absolute atomic E-state index is 12.1. The molecule has 2 aliphatic heterocycles. The van der Waals surface area contributed by atoms with Crippen LogP contribution in [0.15, 0.2) is 11.8 Å². The number of carbonyl (C=O) groups is 2. The van der Waals surface area contributed by atoms with Crippen molar-refractivity contribution < 1.29 is 9.59 Å². The van der Waals surface area contributed by atoms with Gasteiger partial charge in [0.25, 0.3) is 11.8 Å². The standard InChI is InChI=1S/C13H20N2O2/c1-2-3-9-15-12(16)10-11(13(15)17)14-7-5-4-6-8-14/h10H,2-9H2,1H3. The molecule has 2 aliphatic rings. The number of rotatable bonds is 4. The molecule has 0 bridgehead atoms. The van der Waals surface area contributed by atoms with Crippen molar-refractivity contribution in [1.82, 2.24) is 9.80 Å². The predicted molar refractivity (Wildman–Crippen MR) is 65.1 cm³/mol. The van der Waals surface area contributed by atoms with Crippen LogP contribution in [0.5, 0.6) is 0 Å². The molecule has 0 aromatic rings. The quantitative estimate of drug-likeness (QED) is 0.695. The Hall–Kier alpha value is -1.32. The fraction of sp³-hybridized carbons (Fsp3) is 0.692. The van der Waals surface area contributed by atoms with E-state index in [0.717, 1.165) is 38.8 Å². The lowest BCUT2D eigenvalue weighted by Gasteiger charge is -2.29. The number of piperidine rings is 1. The van der Waals surface area contributed by atoms with Crippen molar-refractivity contribution in [2.24, 2.45) is 0 Å². The van der Waals surface area contributed by atoms with Crippen LogP contribution in [-0.2, 0) is 9.59 Å². The lowest BCUT2D eigenvalue weighted by molar-refractivity contribution is -0.138. The number of hydrogen-bond donors (Lipinski definition) is 0. The summed E-state index contributed by atoms with van der Waals surface area (Å²) < 4.78 is 0. The molecule has 94 valence electrons. The molecule has 4 nitrogen and oxygen atoms in total. The first-order valence-corrected chi connectivity index (χ1v) is 6.56. The van der Waals surface area contributed by atoms with E-state index in [2.05, 4.69) is 11.8 Å². The monoisotopic (exact) mass is 236 g/mol. The van der Waals surface area contributed by atoms with Crippen LogP contribution in [0.25, 0.3) is 0 Å². The van der Waals surface area contributed by atoms with Crippen LogP contribution < -0.4 is 0 Å². The zero-order valence-corrected chi connectivity index (χ0v) is 10.4. The molecule has 0 aromatic heterocycles. The molecule has 4 heteroatoms. The summed E-state index contributed by atoms with van der Waals surface area (Å²) >= 11 is 0. The Balaban J connectivity index is 2.02. The summed E-state index contributed by atoms with van der Waals surface area (Å²) in [6, 6.07) is 0. The Kier molecular flexibility index (Phi) is 3.82. The first-order chi connectivity index (χ1) is 8.24. The third-order valence-electron chi connectivity index (χ3n) is 3.42. The zero-order valence-electron chi connectivity index (χ0n) is 10.4. The number of hydrogen-bond acceptors (Lipinski definition) is 3. The van der Waals surface area contributed by atoms with Gasteiger partial charge in [-0.3, -0.25) is 14.5 Å². The average Bonchev–Trinajstić information content (AvgIpc) is 2.64. The van der Waals surface area contributed by atoms with Crippen molar-refractivity contribution in [3.63, 3.8) is 0 Å². The van der Waals surface area contributed by atoms with Crippen molar-refractivity contribution in [2.75, 3.05) is 19.6 Å². The van der Waals surface area contributed by atoms with Gasteiger partial charge in [-0.2, -0.15) is 0 Å². The summed E-state index contributed by atoms with van der Waals surface area (Å²) in [5.41, 5.74) is 0.616. The highest BCUT2D eigenvalue weighted by Gasteiger charge is 2.33. The smallest absolute Gasteiger partial charge is 0.277 e. The van der Waals surface area contributed by atoms with Gasteiger partial charge in [0, 0.05) is 25.7 Å². The topological polar surface area (TPSA) is 40.6 Å². The third kappa shape index (κ3) is 2.51. The molecular weight excluding hydrogens is 216 g/mol. The summed E-state index contributed by atoms with van der Waals surface area (Å²) in [6.45, 7) is 4.44. The van der Waals surface area contributed by atoms with Crippen LogP contribution in [0.3, 0.4) is 0 Å². The summed E-state index contributed by atoms with van der Waals surface area (Å²) in [5.74, 6) is -0.227. The van der Waals surface area contributed by atoms with Crippen molar-refractivity contribution in [2.45, 2.75) is 39.0 Å². The van der Waals surface area contributed by atoms with Crippen LogP contribution in [0, 0.1) is 0 Å². The van der Waals surface area contributed by atoms with E-state index < -0.39 is 0 Å². The molecule has 0 unspecified atom stereocenters. The molecule has 0 atom stereocenters. The van der Waals surface area contributed by atoms with E-state index in [1.807, 2.05) is 0 Å². The highest BCUT2D eigenvalue weighted by molar-refractivity contribution is 6.15. The van der Waals surface area contributed by atoms with Gasteiger partial charge in [0.15, 0.2) is 0 Å². The minimum absolute atomic E-state index is 0.0923. The Labute approximate surface area is 102 Å². The van der Waals surface area contributed by atoms with Gasteiger partial charge in [-0.15, -0.1) is 0 Å². The van der Waals surface area contributed by atoms with Gasteiger partial charge in [0.05, 0.1) is 0 Å². The molecule has 0 N–H and O–H groups in total. The van der Waals surface area contributed by atoms with Crippen LogP contribution in [-0.4, -0.2) is 41.2 Å². The maximum Gasteiger partial charge on any atom is 0.277 e. The van der Waals surface area contributed by atoms with Gasteiger partial charge < -0.3 is 4.90 Å². The Morgan fingerprint density at radius 3 is 2.53 bits per heavy atom. The summed E-state index contributed by atoms with van der Waals surface area (Å²) in [7, 11) is 0. The zero-order chi connectivity index (χ0) is 12.3. The second-order valence-electron chi connectivity index (χ2n) is 4.73. The largest absolute Gasteiger partial charge is 0.367 e. The predicted octanol–water partition coefficient (Wildman–Crippen LogP) is 1.53. The van der Waals surface area contributed by atoms with Crippen LogP contribution in [0.4, 0.5) is 0 Å². The summed E-state index contributed by atoms with van der Waals surface area (Å²) in [6.07, 6.45) is 6.87. The van der Waals surface area contributed by atoms with Gasteiger partial charge in [-0.05, 0) is 25.7 Å². The van der Waals surface area contributed by atoms with Gasteiger partial charge >= 0.3 is 0 Å². The first-order valence-electron chi connectivity index (χ1n) is 6.56. The average molecular weight is 236 g/mol. The molecule has 1 saturated heterocycles. The highest BCUT2D eigenvalue weighted by atomic mass is 16.2. The van der Waals surface area contributed by atoms with Crippen LogP contribution in [0.2, 0.25) is 0 Å². The molecule has 2 amide bonds.